The van der Waals surface area contributed by atoms with Crippen LogP contribution in [0.5, 0.6) is 0 Å². The maximum absolute atomic E-state index is 6.32. The molecule has 1 fully saturated rings. The lowest BCUT2D eigenvalue weighted by atomic mass is 9.73. The molecule has 2 aromatic carbocycles. The zero-order valence-corrected chi connectivity index (χ0v) is 21.9. The summed E-state index contributed by atoms with van der Waals surface area (Å²) in [5.74, 6) is 0. The van der Waals surface area contributed by atoms with E-state index < -0.39 is 0 Å². The Labute approximate surface area is 200 Å². The summed E-state index contributed by atoms with van der Waals surface area (Å²) in [4.78, 5) is 0. The Kier molecular flexibility index (Phi) is 6.14. The molecule has 0 amide bonds. The van der Waals surface area contributed by atoms with Crippen molar-refractivity contribution in [3.05, 3.63) is 47.5 Å². The van der Waals surface area contributed by atoms with E-state index in [2.05, 4.69) is 77.9 Å². The molecule has 4 nitrogen and oxygen atoms in total. The molecule has 33 heavy (non-hydrogen) atoms. The van der Waals surface area contributed by atoms with E-state index >= 15 is 0 Å². The molecule has 1 aliphatic carbocycles. The fraction of sp³-hybridized carbons (Fsp3) is 0.556. The molecule has 1 aliphatic heterocycles. The fourth-order valence-corrected chi connectivity index (χ4v) is 4.73. The van der Waals surface area contributed by atoms with Crippen molar-refractivity contribution in [2.75, 3.05) is 0 Å². The lowest BCUT2D eigenvalue weighted by molar-refractivity contribution is 0.00578. The minimum absolute atomic E-state index is 0.0784. The number of hydrogen-bond acceptors (Lipinski definition) is 4. The van der Waals surface area contributed by atoms with Crippen molar-refractivity contribution in [2.24, 2.45) is 0 Å². The Hall–Kier alpha value is -1.59. The summed E-state index contributed by atoms with van der Waals surface area (Å²) in [5.41, 5.74) is 6.40. The molecule has 0 spiro atoms. The molecule has 2 aromatic rings. The van der Waals surface area contributed by atoms with Crippen LogP contribution in [0.2, 0.25) is 0 Å². The topological polar surface area (TPSA) is 36.9 Å². The quantitative estimate of drug-likeness (QED) is 0.593. The van der Waals surface area contributed by atoms with Gasteiger partial charge in [0.1, 0.15) is 0 Å². The molecular formula is C27H38B2O4. The first kappa shape index (κ1) is 24.5. The van der Waals surface area contributed by atoms with Crippen molar-refractivity contribution in [2.45, 2.75) is 98.1 Å². The van der Waals surface area contributed by atoms with Crippen molar-refractivity contribution in [3.8, 4) is 11.1 Å². The van der Waals surface area contributed by atoms with Crippen molar-refractivity contribution in [1.82, 2.24) is 0 Å². The van der Waals surface area contributed by atoms with E-state index in [4.69, 9.17) is 18.6 Å². The Bertz CT molecular complexity index is 963. The minimum Gasteiger partial charge on any atom is -0.405 e. The van der Waals surface area contributed by atoms with Crippen LogP contribution < -0.4 is 10.9 Å². The van der Waals surface area contributed by atoms with E-state index in [0.29, 0.717) is 0 Å². The van der Waals surface area contributed by atoms with Crippen LogP contribution in [0.3, 0.4) is 0 Å². The van der Waals surface area contributed by atoms with Gasteiger partial charge in [-0.2, -0.15) is 0 Å². The summed E-state index contributed by atoms with van der Waals surface area (Å²) in [7, 11) is -0.742. The van der Waals surface area contributed by atoms with Gasteiger partial charge in [0.15, 0.2) is 0 Å². The van der Waals surface area contributed by atoms with Gasteiger partial charge in [0.2, 0.25) is 0 Å². The molecule has 0 bridgehead atoms. The normalized spacial score (nSPS) is 19.8. The maximum Gasteiger partial charge on any atom is 0.494 e. The van der Waals surface area contributed by atoms with Crippen LogP contribution in [-0.4, -0.2) is 37.6 Å². The van der Waals surface area contributed by atoms with Gasteiger partial charge >= 0.3 is 14.2 Å². The van der Waals surface area contributed by atoms with Gasteiger partial charge < -0.3 is 18.6 Å². The Morgan fingerprint density at radius 1 is 0.727 bits per heavy atom. The average molecular weight is 448 g/mol. The van der Waals surface area contributed by atoms with Gasteiger partial charge in [-0.25, -0.2) is 0 Å². The summed E-state index contributed by atoms with van der Waals surface area (Å²) in [6.45, 7) is 21.1. The van der Waals surface area contributed by atoms with Gasteiger partial charge in [-0.1, -0.05) is 50.2 Å². The van der Waals surface area contributed by atoms with E-state index in [1.807, 2.05) is 27.7 Å². The average Bonchev–Trinajstić information content (AvgIpc) is 3.06. The van der Waals surface area contributed by atoms with E-state index in [0.717, 1.165) is 10.9 Å². The van der Waals surface area contributed by atoms with Crippen LogP contribution in [0.1, 0.15) is 80.4 Å². The molecule has 2 aliphatic rings. The fourth-order valence-electron chi connectivity index (χ4n) is 4.73. The molecule has 0 N–H and O–H groups in total. The first-order valence-electron chi connectivity index (χ1n) is 12.2. The first-order chi connectivity index (χ1) is 15.2. The highest BCUT2D eigenvalue weighted by Crippen LogP contribution is 2.48. The first-order valence-corrected chi connectivity index (χ1v) is 12.2. The lowest BCUT2D eigenvalue weighted by Gasteiger charge is -2.32. The smallest absolute Gasteiger partial charge is 0.405 e. The van der Waals surface area contributed by atoms with Gasteiger partial charge in [0, 0.05) is 17.6 Å². The third kappa shape index (κ3) is 4.32. The van der Waals surface area contributed by atoms with Crippen LogP contribution >= 0.6 is 0 Å². The minimum atomic E-state index is -0.380. The predicted octanol–water partition coefficient (Wildman–Crippen LogP) is 4.84. The molecule has 0 radical (unpaired) electrons. The molecule has 0 saturated carbocycles. The molecule has 1 saturated heterocycles. The van der Waals surface area contributed by atoms with Gasteiger partial charge in [-0.3, -0.25) is 0 Å². The number of fused-ring (bicyclic) bond motifs is 3. The molecule has 4 rings (SSSR count). The van der Waals surface area contributed by atoms with Crippen LogP contribution in [-0.2, 0) is 24.0 Å². The zero-order chi connectivity index (χ0) is 24.3. The molecule has 0 aromatic heterocycles. The highest BCUT2D eigenvalue weighted by molar-refractivity contribution is 6.62. The van der Waals surface area contributed by atoms with E-state index in [1.165, 1.54) is 22.3 Å². The second-order valence-electron chi connectivity index (χ2n) is 11.5. The SMILES string of the molecule is CC(C)OB(OC(C)C)c1ccc2c(c1)C(C)(C)c1cc(B3OC(C)(C)C(C)(C)O3)ccc1-2. The summed E-state index contributed by atoms with van der Waals surface area (Å²) in [6.07, 6.45) is 0.157. The van der Waals surface area contributed by atoms with Gasteiger partial charge in [-0.15, -0.1) is 0 Å². The predicted molar refractivity (Wildman–Crippen MR) is 138 cm³/mol. The lowest BCUT2D eigenvalue weighted by Crippen LogP contribution is -2.41. The van der Waals surface area contributed by atoms with Crippen LogP contribution in [0, 0.1) is 0 Å². The van der Waals surface area contributed by atoms with Crippen LogP contribution in [0.4, 0.5) is 0 Å². The van der Waals surface area contributed by atoms with Crippen molar-refractivity contribution in [1.29, 1.82) is 0 Å². The highest BCUT2D eigenvalue weighted by Gasteiger charge is 2.52. The standard InChI is InChI=1S/C27H38B2O4/c1-17(2)30-28(31-18(3)4)19-11-13-21-22-14-12-20(16-24(22)25(5,6)23(21)15-19)29-32-26(7,8)27(9,10)33-29/h11-18H,1-10H3. The number of benzene rings is 2. The Morgan fingerprint density at radius 2 is 1.21 bits per heavy atom. The van der Waals surface area contributed by atoms with Crippen LogP contribution in [0.15, 0.2) is 36.4 Å². The summed E-state index contributed by atoms with van der Waals surface area (Å²) in [5, 5.41) is 0. The molecule has 176 valence electrons. The summed E-state index contributed by atoms with van der Waals surface area (Å²) in [6, 6.07) is 13.3. The largest absolute Gasteiger partial charge is 0.494 e. The van der Waals surface area contributed by atoms with Crippen LogP contribution in [0.25, 0.3) is 11.1 Å². The zero-order valence-electron chi connectivity index (χ0n) is 21.9. The van der Waals surface area contributed by atoms with E-state index in [9.17, 15) is 0 Å². The summed E-state index contributed by atoms with van der Waals surface area (Å²) < 4.78 is 24.9. The second kappa shape index (κ2) is 8.27. The van der Waals surface area contributed by atoms with Crippen molar-refractivity contribution in [3.63, 3.8) is 0 Å². The maximum atomic E-state index is 6.32. The number of hydrogen-bond donors (Lipinski definition) is 0. The summed E-state index contributed by atoms with van der Waals surface area (Å²) >= 11 is 0. The van der Waals surface area contributed by atoms with E-state index in [1.54, 1.807) is 0 Å². The Morgan fingerprint density at radius 3 is 1.73 bits per heavy atom. The third-order valence-electron chi connectivity index (χ3n) is 7.31. The second-order valence-corrected chi connectivity index (χ2v) is 11.5. The van der Waals surface area contributed by atoms with Gasteiger partial charge in [-0.05, 0) is 88.6 Å². The van der Waals surface area contributed by atoms with E-state index in [-0.39, 0.29) is 43.1 Å². The van der Waals surface area contributed by atoms with Gasteiger partial charge in [0.05, 0.1) is 11.2 Å². The molecular weight excluding hydrogens is 410 g/mol. The van der Waals surface area contributed by atoms with Crippen molar-refractivity contribution >= 4 is 25.2 Å². The molecule has 1 heterocycles. The monoisotopic (exact) mass is 448 g/mol. The van der Waals surface area contributed by atoms with Crippen molar-refractivity contribution < 1.29 is 18.6 Å². The van der Waals surface area contributed by atoms with Gasteiger partial charge in [0.25, 0.3) is 0 Å². The number of rotatable bonds is 6. The molecule has 6 heteroatoms. The molecule has 0 atom stereocenters. The Balaban J connectivity index is 1.70. The highest BCUT2D eigenvalue weighted by atomic mass is 16.7. The third-order valence-corrected chi connectivity index (χ3v) is 7.31. The molecule has 0 unspecified atom stereocenters.